The molecular formula is C17H25FN2O2. The minimum Gasteiger partial charge on any atom is -0.444 e. The van der Waals surface area contributed by atoms with Gasteiger partial charge in [0.1, 0.15) is 11.4 Å². The molecule has 122 valence electrons. The fourth-order valence-electron chi connectivity index (χ4n) is 2.72. The van der Waals surface area contributed by atoms with E-state index in [9.17, 15) is 9.18 Å². The van der Waals surface area contributed by atoms with E-state index in [0.29, 0.717) is 23.3 Å². The van der Waals surface area contributed by atoms with Gasteiger partial charge in [0, 0.05) is 6.04 Å². The Kier molecular flexibility index (Phi) is 4.94. The highest BCUT2D eigenvalue weighted by molar-refractivity contribution is 5.89. The lowest BCUT2D eigenvalue weighted by atomic mass is 10.1. The molecule has 0 bridgehead atoms. The van der Waals surface area contributed by atoms with E-state index < -0.39 is 11.7 Å². The molecule has 1 aliphatic carbocycles. The minimum atomic E-state index is -0.572. The van der Waals surface area contributed by atoms with E-state index in [4.69, 9.17) is 4.74 Å². The van der Waals surface area contributed by atoms with Gasteiger partial charge in [-0.3, -0.25) is 5.32 Å². The second-order valence-corrected chi connectivity index (χ2v) is 6.98. The number of hydrogen-bond acceptors (Lipinski definition) is 3. The molecule has 22 heavy (non-hydrogen) atoms. The van der Waals surface area contributed by atoms with Crippen molar-refractivity contribution in [2.75, 3.05) is 10.6 Å². The Morgan fingerprint density at radius 1 is 1.27 bits per heavy atom. The van der Waals surface area contributed by atoms with Crippen LogP contribution in [0.5, 0.6) is 0 Å². The Bertz CT molecular complexity index is 540. The maximum absolute atomic E-state index is 13.5. The molecule has 0 spiro atoms. The van der Waals surface area contributed by atoms with E-state index in [1.807, 2.05) is 0 Å². The lowest BCUT2D eigenvalue weighted by Crippen LogP contribution is -2.28. The summed E-state index contributed by atoms with van der Waals surface area (Å²) in [5.74, 6) is 0.209. The van der Waals surface area contributed by atoms with Gasteiger partial charge in [0.2, 0.25) is 0 Å². The van der Waals surface area contributed by atoms with Gasteiger partial charge in [0.25, 0.3) is 0 Å². The van der Waals surface area contributed by atoms with Gasteiger partial charge < -0.3 is 10.1 Å². The van der Waals surface area contributed by atoms with Gasteiger partial charge in [-0.15, -0.1) is 0 Å². The van der Waals surface area contributed by atoms with Gasteiger partial charge in [-0.2, -0.15) is 0 Å². The number of rotatable bonds is 3. The summed E-state index contributed by atoms with van der Waals surface area (Å²) < 4.78 is 18.8. The average Bonchev–Trinajstić information content (AvgIpc) is 2.76. The molecule has 1 aromatic carbocycles. The van der Waals surface area contributed by atoms with Gasteiger partial charge in [-0.25, -0.2) is 9.18 Å². The molecule has 1 saturated carbocycles. The van der Waals surface area contributed by atoms with Crippen molar-refractivity contribution in [3.8, 4) is 0 Å². The van der Waals surface area contributed by atoms with Crippen molar-refractivity contribution >= 4 is 17.5 Å². The molecule has 1 amide bonds. The summed E-state index contributed by atoms with van der Waals surface area (Å²) in [4.78, 5) is 11.9. The van der Waals surface area contributed by atoms with Gasteiger partial charge in [-0.1, -0.05) is 13.3 Å². The number of carbonyl (C=O) groups is 1. The van der Waals surface area contributed by atoms with Crippen LogP contribution in [-0.2, 0) is 4.74 Å². The molecule has 4 nitrogen and oxygen atoms in total. The summed E-state index contributed by atoms with van der Waals surface area (Å²) in [7, 11) is 0. The molecule has 2 N–H and O–H groups in total. The molecule has 0 radical (unpaired) electrons. The van der Waals surface area contributed by atoms with Crippen molar-refractivity contribution < 1.29 is 13.9 Å². The second-order valence-electron chi connectivity index (χ2n) is 6.98. The lowest BCUT2D eigenvalue weighted by Gasteiger charge is -2.23. The molecular weight excluding hydrogens is 283 g/mol. The molecule has 5 heteroatoms. The second kappa shape index (κ2) is 6.55. The summed E-state index contributed by atoms with van der Waals surface area (Å²) in [6.45, 7) is 7.59. The highest BCUT2D eigenvalue weighted by atomic mass is 19.1. The number of carbonyl (C=O) groups excluding carboxylic acids is 1. The van der Waals surface area contributed by atoms with Crippen LogP contribution in [0.4, 0.5) is 20.6 Å². The zero-order chi connectivity index (χ0) is 16.3. The maximum Gasteiger partial charge on any atom is 0.412 e. The lowest BCUT2D eigenvalue weighted by molar-refractivity contribution is 0.0636. The molecule has 0 aliphatic heterocycles. The van der Waals surface area contributed by atoms with Crippen molar-refractivity contribution in [3.63, 3.8) is 0 Å². The third-order valence-corrected chi connectivity index (χ3v) is 3.82. The molecule has 0 aromatic heterocycles. The Morgan fingerprint density at radius 2 is 2.00 bits per heavy atom. The van der Waals surface area contributed by atoms with Crippen LogP contribution in [0.25, 0.3) is 0 Å². The third-order valence-electron chi connectivity index (χ3n) is 3.82. The average molecular weight is 308 g/mol. The summed E-state index contributed by atoms with van der Waals surface area (Å²) in [5.41, 5.74) is 0.567. The van der Waals surface area contributed by atoms with Crippen molar-refractivity contribution in [2.45, 2.75) is 58.6 Å². The van der Waals surface area contributed by atoms with E-state index in [1.54, 1.807) is 26.8 Å². The predicted octanol–water partition coefficient (Wildman–Crippen LogP) is 4.77. The van der Waals surface area contributed by atoms with Crippen molar-refractivity contribution in [3.05, 3.63) is 24.0 Å². The number of amides is 1. The largest absolute Gasteiger partial charge is 0.444 e. The first-order valence-corrected chi connectivity index (χ1v) is 7.81. The normalized spacial score (nSPS) is 21.5. The van der Waals surface area contributed by atoms with Gasteiger partial charge in [-0.05, 0) is 57.7 Å². The summed E-state index contributed by atoms with van der Waals surface area (Å²) in [6.07, 6.45) is 2.86. The first-order valence-electron chi connectivity index (χ1n) is 7.81. The van der Waals surface area contributed by atoms with Crippen LogP contribution < -0.4 is 10.6 Å². The first kappa shape index (κ1) is 16.6. The van der Waals surface area contributed by atoms with Gasteiger partial charge >= 0.3 is 6.09 Å². The number of nitrogens with one attached hydrogen (secondary N) is 2. The van der Waals surface area contributed by atoms with Gasteiger partial charge in [0.15, 0.2) is 0 Å². The van der Waals surface area contributed by atoms with Crippen LogP contribution in [0.2, 0.25) is 0 Å². The topological polar surface area (TPSA) is 50.4 Å². The minimum absolute atomic E-state index is 0.306. The van der Waals surface area contributed by atoms with Crippen molar-refractivity contribution in [1.82, 2.24) is 0 Å². The maximum atomic E-state index is 13.5. The number of hydrogen-bond donors (Lipinski definition) is 2. The van der Waals surface area contributed by atoms with E-state index >= 15 is 0 Å². The zero-order valence-electron chi connectivity index (χ0n) is 13.7. The number of anilines is 2. The number of halogens is 1. The first-order chi connectivity index (χ1) is 10.2. The Hall–Kier alpha value is -1.78. The highest BCUT2D eigenvalue weighted by Gasteiger charge is 2.24. The molecule has 0 heterocycles. The number of ether oxygens (including phenoxy) is 1. The highest BCUT2D eigenvalue weighted by Crippen LogP contribution is 2.31. The van der Waals surface area contributed by atoms with Gasteiger partial charge in [0.05, 0.1) is 11.4 Å². The Labute approximate surface area is 131 Å². The molecule has 1 aromatic rings. The van der Waals surface area contributed by atoms with Crippen LogP contribution in [-0.4, -0.2) is 17.7 Å². The summed E-state index contributed by atoms with van der Waals surface area (Å²) in [5, 5.41) is 6.05. The Balaban J connectivity index is 2.12. The van der Waals surface area contributed by atoms with Crippen LogP contribution in [0.15, 0.2) is 18.2 Å². The zero-order valence-corrected chi connectivity index (χ0v) is 13.7. The predicted molar refractivity (Wildman–Crippen MR) is 86.7 cm³/mol. The fourth-order valence-corrected chi connectivity index (χ4v) is 2.72. The smallest absolute Gasteiger partial charge is 0.412 e. The fraction of sp³-hybridized carbons (Fsp3) is 0.588. The van der Waals surface area contributed by atoms with E-state index in [1.165, 1.54) is 25.0 Å². The van der Waals surface area contributed by atoms with Crippen LogP contribution in [0.1, 0.15) is 47.0 Å². The number of benzene rings is 1. The molecule has 1 fully saturated rings. The van der Waals surface area contributed by atoms with Crippen LogP contribution >= 0.6 is 0 Å². The van der Waals surface area contributed by atoms with E-state index in [0.717, 1.165) is 6.42 Å². The van der Waals surface area contributed by atoms with E-state index in [2.05, 4.69) is 17.6 Å². The van der Waals surface area contributed by atoms with E-state index in [-0.39, 0.29) is 5.82 Å². The summed E-state index contributed by atoms with van der Waals surface area (Å²) >= 11 is 0. The van der Waals surface area contributed by atoms with Crippen LogP contribution in [0.3, 0.4) is 0 Å². The molecule has 2 rings (SSSR count). The van der Waals surface area contributed by atoms with Crippen molar-refractivity contribution in [2.24, 2.45) is 5.92 Å². The monoisotopic (exact) mass is 308 g/mol. The summed E-state index contributed by atoms with van der Waals surface area (Å²) in [6, 6.07) is 4.61. The molecule has 0 saturated heterocycles. The molecule has 2 atom stereocenters. The van der Waals surface area contributed by atoms with Crippen molar-refractivity contribution in [1.29, 1.82) is 0 Å². The SMILES string of the molecule is CC1CCCC1Nc1cc(F)ccc1NC(=O)OC(C)(C)C. The quantitative estimate of drug-likeness (QED) is 0.845. The standard InChI is InChI=1S/C17H25FN2O2/c1-11-6-5-7-13(11)19-15-10-12(18)8-9-14(15)20-16(21)22-17(2,3)4/h8-11,13,19H,5-7H2,1-4H3,(H,20,21). The molecule has 2 unspecified atom stereocenters. The van der Waals surface area contributed by atoms with Crippen LogP contribution in [0, 0.1) is 11.7 Å². The molecule has 1 aliphatic rings. The third kappa shape index (κ3) is 4.61. The Morgan fingerprint density at radius 3 is 2.59 bits per heavy atom.